The van der Waals surface area contributed by atoms with Crippen molar-refractivity contribution >= 4 is 41.1 Å². The summed E-state index contributed by atoms with van der Waals surface area (Å²) in [5.74, 6) is 1.74. The Hall–Kier alpha value is -2.32. The number of nitrogens with zero attached hydrogens (tertiary/aromatic N) is 4. The summed E-state index contributed by atoms with van der Waals surface area (Å²) in [7, 11) is 0. The summed E-state index contributed by atoms with van der Waals surface area (Å²) in [6, 6.07) is 9.48. The van der Waals surface area contributed by atoms with Crippen LogP contribution in [-0.4, -0.2) is 59.5 Å². The molecule has 1 aromatic heterocycles. The summed E-state index contributed by atoms with van der Waals surface area (Å²) >= 11 is 7.82. The smallest absolute Gasteiger partial charge is 0.310 e. The van der Waals surface area contributed by atoms with Gasteiger partial charge in [0, 0.05) is 43.6 Å². The largest absolute Gasteiger partial charge is 0.466 e. The minimum Gasteiger partial charge on any atom is -0.466 e. The van der Waals surface area contributed by atoms with E-state index in [1.165, 1.54) is 11.8 Å². The fourth-order valence-electron chi connectivity index (χ4n) is 4.59. The fourth-order valence-corrected chi connectivity index (χ4v) is 5.61. The average molecular weight is 517 g/mol. The van der Waals surface area contributed by atoms with Crippen LogP contribution in [0.5, 0.6) is 0 Å². The maximum absolute atomic E-state index is 13.2. The SMILES string of the molecule is CCOC(=O)C1CCCN(C(=O)c2cccc(CSc3nc(Cl)cc(N4CCC(C)CC4)n3)c2)C1. The van der Waals surface area contributed by atoms with Gasteiger partial charge in [-0.2, -0.15) is 0 Å². The van der Waals surface area contributed by atoms with E-state index >= 15 is 0 Å². The number of aromatic nitrogens is 2. The number of amides is 1. The van der Waals surface area contributed by atoms with Crippen LogP contribution in [0.25, 0.3) is 0 Å². The molecule has 0 spiro atoms. The maximum Gasteiger partial charge on any atom is 0.310 e. The third kappa shape index (κ3) is 6.88. The van der Waals surface area contributed by atoms with E-state index in [4.69, 9.17) is 21.3 Å². The first-order valence-electron chi connectivity index (χ1n) is 12.4. The van der Waals surface area contributed by atoms with Crippen LogP contribution in [0.15, 0.2) is 35.5 Å². The molecule has 2 fully saturated rings. The molecule has 4 rings (SSSR count). The number of piperidine rings is 2. The number of halogens is 1. The lowest BCUT2D eigenvalue weighted by Crippen LogP contribution is -2.42. The molecular weight excluding hydrogens is 484 g/mol. The monoisotopic (exact) mass is 516 g/mol. The second-order valence-corrected chi connectivity index (χ2v) is 10.7. The zero-order valence-electron chi connectivity index (χ0n) is 20.4. The van der Waals surface area contributed by atoms with Crippen LogP contribution in [0.3, 0.4) is 0 Å². The van der Waals surface area contributed by atoms with Gasteiger partial charge in [-0.15, -0.1) is 0 Å². The van der Waals surface area contributed by atoms with E-state index in [1.807, 2.05) is 30.3 Å². The highest BCUT2D eigenvalue weighted by Gasteiger charge is 2.30. The second-order valence-electron chi connectivity index (χ2n) is 9.33. The first kappa shape index (κ1) is 25.8. The standard InChI is InChI=1S/C26H33ClN4O3S/c1-3-34-25(33)21-8-5-11-31(16-21)24(32)20-7-4-6-19(14-20)17-35-26-28-22(27)15-23(29-26)30-12-9-18(2)10-13-30/h4,6-7,14-15,18,21H,3,5,8-13,16-17H2,1-2H3. The molecule has 188 valence electrons. The summed E-state index contributed by atoms with van der Waals surface area (Å²) in [5.41, 5.74) is 1.64. The number of carbonyl (C=O) groups is 2. The topological polar surface area (TPSA) is 75.6 Å². The third-order valence-electron chi connectivity index (χ3n) is 6.64. The maximum atomic E-state index is 13.2. The Morgan fingerprint density at radius 1 is 1.14 bits per heavy atom. The van der Waals surface area contributed by atoms with E-state index in [0.29, 0.717) is 41.3 Å². The van der Waals surface area contributed by atoms with Gasteiger partial charge in [-0.3, -0.25) is 9.59 Å². The van der Waals surface area contributed by atoms with Crippen LogP contribution in [0.2, 0.25) is 5.15 Å². The Balaban J connectivity index is 1.39. The van der Waals surface area contributed by atoms with Crippen molar-refractivity contribution in [2.24, 2.45) is 11.8 Å². The zero-order chi connectivity index (χ0) is 24.8. The highest BCUT2D eigenvalue weighted by Crippen LogP contribution is 2.28. The van der Waals surface area contributed by atoms with Gasteiger partial charge < -0.3 is 14.5 Å². The number of hydrogen-bond acceptors (Lipinski definition) is 7. The van der Waals surface area contributed by atoms with Gasteiger partial charge in [0.2, 0.25) is 0 Å². The number of thioether (sulfide) groups is 1. The molecule has 2 aliphatic heterocycles. The molecule has 2 aromatic rings. The van der Waals surface area contributed by atoms with E-state index < -0.39 is 0 Å². The molecule has 0 N–H and O–H groups in total. The van der Waals surface area contributed by atoms with Crippen LogP contribution < -0.4 is 4.90 Å². The van der Waals surface area contributed by atoms with Crippen molar-refractivity contribution in [2.75, 3.05) is 37.7 Å². The highest BCUT2D eigenvalue weighted by atomic mass is 35.5. The molecule has 1 atom stereocenters. The molecule has 9 heteroatoms. The Bertz CT molecular complexity index is 1050. The summed E-state index contributed by atoms with van der Waals surface area (Å²) in [5, 5.41) is 1.08. The molecule has 35 heavy (non-hydrogen) atoms. The van der Waals surface area contributed by atoms with Crippen molar-refractivity contribution in [3.8, 4) is 0 Å². The molecule has 1 amide bonds. The van der Waals surface area contributed by atoms with Crippen molar-refractivity contribution in [1.82, 2.24) is 14.9 Å². The summed E-state index contributed by atoms with van der Waals surface area (Å²) in [6.45, 7) is 7.47. The Kier molecular flexibility index (Phi) is 8.89. The summed E-state index contributed by atoms with van der Waals surface area (Å²) in [6.07, 6.45) is 3.87. The lowest BCUT2D eigenvalue weighted by molar-refractivity contribution is -0.149. The minimum absolute atomic E-state index is 0.0496. The van der Waals surface area contributed by atoms with Gasteiger partial charge in [-0.25, -0.2) is 9.97 Å². The van der Waals surface area contributed by atoms with Gasteiger partial charge in [-0.05, 0) is 56.2 Å². The van der Waals surface area contributed by atoms with Crippen molar-refractivity contribution in [1.29, 1.82) is 0 Å². The molecule has 7 nitrogen and oxygen atoms in total. The number of esters is 1. The molecule has 0 aliphatic carbocycles. The van der Waals surface area contributed by atoms with E-state index in [9.17, 15) is 9.59 Å². The number of hydrogen-bond donors (Lipinski definition) is 0. The predicted octanol–water partition coefficient (Wildman–Crippen LogP) is 5.07. The number of benzene rings is 1. The van der Waals surface area contributed by atoms with Crippen LogP contribution in [0.1, 0.15) is 55.5 Å². The molecule has 1 unspecified atom stereocenters. The molecule has 0 radical (unpaired) electrons. The predicted molar refractivity (Wildman–Crippen MR) is 139 cm³/mol. The third-order valence-corrected chi connectivity index (χ3v) is 7.75. The number of rotatable bonds is 7. The number of ether oxygens (including phenoxy) is 1. The van der Waals surface area contributed by atoms with E-state index in [2.05, 4.69) is 16.8 Å². The molecule has 0 bridgehead atoms. The Morgan fingerprint density at radius 2 is 1.94 bits per heavy atom. The van der Waals surface area contributed by atoms with Crippen LogP contribution in [0.4, 0.5) is 5.82 Å². The minimum atomic E-state index is -0.247. The molecule has 1 aromatic carbocycles. The average Bonchev–Trinajstić information content (AvgIpc) is 2.87. The van der Waals surface area contributed by atoms with E-state index in [0.717, 1.165) is 56.1 Å². The molecule has 3 heterocycles. The Labute approximate surface area is 216 Å². The first-order chi connectivity index (χ1) is 16.9. The fraction of sp³-hybridized carbons (Fsp3) is 0.538. The van der Waals surface area contributed by atoms with Crippen molar-refractivity contribution < 1.29 is 14.3 Å². The zero-order valence-corrected chi connectivity index (χ0v) is 22.0. The van der Waals surface area contributed by atoms with Gasteiger partial charge in [0.25, 0.3) is 5.91 Å². The molecule has 2 aliphatic rings. The lowest BCUT2D eigenvalue weighted by Gasteiger charge is -2.31. The molecular formula is C26H33ClN4O3S. The first-order valence-corrected chi connectivity index (χ1v) is 13.8. The van der Waals surface area contributed by atoms with Crippen LogP contribution in [0, 0.1) is 11.8 Å². The molecule has 0 saturated carbocycles. The van der Waals surface area contributed by atoms with Gasteiger partial charge in [0.15, 0.2) is 5.16 Å². The summed E-state index contributed by atoms with van der Waals surface area (Å²) < 4.78 is 5.16. The van der Waals surface area contributed by atoms with Crippen molar-refractivity contribution in [3.05, 3.63) is 46.6 Å². The van der Waals surface area contributed by atoms with Gasteiger partial charge in [0.1, 0.15) is 11.0 Å². The highest BCUT2D eigenvalue weighted by molar-refractivity contribution is 7.98. The number of likely N-dealkylation sites (tertiary alicyclic amines) is 1. The van der Waals surface area contributed by atoms with Crippen LogP contribution in [-0.2, 0) is 15.3 Å². The van der Waals surface area contributed by atoms with E-state index in [-0.39, 0.29) is 17.8 Å². The van der Waals surface area contributed by atoms with Gasteiger partial charge >= 0.3 is 5.97 Å². The number of anilines is 1. The number of carbonyl (C=O) groups excluding carboxylic acids is 2. The molecule has 2 saturated heterocycles. The van der Waals surface area contributed by atoms with Gasteiger partial charge in [-0.1, -0.05) is 42.4 Å². The summed E-state index contributed by atoms with van der Waals surface area (Å²) in [4.78, 5) is 38.5. The van der Waals surface area contributed by atoms with E-state index in [1.54, 1.807) is 11.8 Å². The lowest BCUT2D eigenvalue weighted by atomic mass is 9.97. The van der Waals surface area contributed by atoms with Crippen molar-refractivity contribution in [2.45, 2.75) is 50.4 Å². The van der Waals surface area contributed by atoms with Gasteiger partial charge in [0.05, 0.1) is 12.5 Å². The Morgan fingerprint density at radius 3 is 2.71 bits per heavy atom. The second kappa shape index (κ2) is 12.1. The van der Waals surface area contributed by atoms with Crippen molar-refractivity contribution in [3.63, 3.8) is 0 Å². The van der Waals surface area contributed by atoms with Crippen LogP contribution >= 0.6 is 23.4 Å². The normalized spacial score (nSPS) is 19.0. The quantitative estimate of drug-likeness (QED) is 0.220.